The smallest absolute Gasteiger partial charge is 0.130 e. The Labute approximate surface area is 148 Å². The summed E-state index contributed by atoms with van der Waals surface area (Å²) in [5, 5.41) is 3.44. The summed E-state index contributed by atoms with van der Waals surface area (Å²) in [5.41, 5.74) is 2.54. The first-order valence-electron chi connectivity index (χ1n) is 8.81. The number of hydrogen-bond acceptors (Lipinski definition) is 4. The summed E-state index contributed by atoms with van der Waals surface area (Å²) in [7, 11) is 0. The summed E-state index contributed by atoms with van der Waals surface area (Å²) in [6, 6.07) is 14.9. The van der Waals surface area contributed by atoms with Crippen LogP contribution in [0.15, 0.2) is 67.3 Å². The lowest BCUT2D eigenvalue weighted by Crippen LogP contribution is -2.46. The molecule has 1 aliphatic heterocycles. The van der Waals surface area contributed by atoms with E-state index < -0.39 is 0 Å². The van der Waals surface area contributed by atoms with Crippen LogP contribution in [-0.2, 0) is 6.54 Å². The average Bonchev–Trinajstić information content (AvgIpc) is 3.12. The predicted octanol–water partition coefficient (Wildman–Crippen LogP) is 2.32. The summed E-state index contributed by atoms with van der Waals surface area (Å²) >= 11 is 0. The summed E-state index contributed by atoms with van der Waals surface area (Å²) in [6.07, 6.45) is 7.73. The Kier molecular flexibility index (Phi) is 4.86. The SMILES string of the molecule is c1ccc(Cn2ccnc2C(c2ccncc2)N2CCNCC2)cc1. The number of nitrogens with one attached hydrogen (secondary N) is 1. The van der Waals surface area contributed by atoms with Gasteiger partial charge in [-0.3, -0.25) is 9.88 Å². The molecule has 1 saturated heterocycles. The zero-order valence-electron chi connectivity index (χ0n) is 14.3. The lowest BCUT2D eigenvalue weighted by atomic mass is 10.0. The predicted molar refractivity (Wildman–Crippen MR) is 98.3 cm³/mol. The second-order valence-electron chi connectivity index (χ2n) is 6.37. The summed E-state index contributed by atoms with van der Waals surface area (Å²) < 4.78 is 2.27. The molecule has 0 radical (unpaired) electrons. The van der Waals surface area contributed by atoms with Crippen LogP contribution in [0, 0.1) is 0 Å². The van der Waals surface area contributed by atoms with Crippen LogP contribution in [0.2, 0.25) is 0 Å². The van der Waals surface area contributed by atoms with Gasteiger partial charge in [-0.25, -0.2) is 4.98 Å². The molecule has 128 valence electrons. The normalized spacial score (nSPS) is 16.6. The van der Waals surface area contributed by atoms with Crippen molar-refractivity contribution >= 4 is 0 Å². The van der Waals surface area contributed by atoms with Crippen LogP contribution in [0.5, 0.6) is 0 Å². The highest BCUT2D eigenvalue weighted by atomic mass is 15.2. The van der Waals surface area contributed by atoms with Crippen LogP contribution >= 0.6 is 0 Å². The maximum Gasteiger partial charge on any atom is 0.130 e. The first-order valence-corrected chi connectivity index (χ1v) is 8.81. The van der Waals surface area contributed by atoms with Gasteiger partial charge in [0.05, 0.1) is 6.04 Å². The number of benzene rings is 1. The summed E-state index contributed by atoms with van der Waals surface area (Å²) in [6.45, 7) is 4.90. The van der Waals surface area contributed by atoms with Crippen molar-refractivity contribution in [3.05, 3.63) is 84.2 Å². The van der Waals surface area contributed by atoms with E-state index in [-0.39, 0.29) is 6.04 Å². The Morgan fingerprint density at radius 3 is 2.48 bits per heavy atom. The average molecular weight is 333 g/mol. The molecule has 1 aliphatic rings. The van der Waals surface area contributed by atoms with Crippen LogP contribution in [0.4, 0.5) is 0 Å². The van der Waals surface area contributed by atoms with Gasteiger partial charge in [0.2, 0.25) is 0 Å². The zero-order chi connectivity index (χ0) is 16.9. The minimum absolute atomic E-state index is 0.156. The van der Waals surface area contributed by atoms with E-state index >= 15 is 0 Å². The molecule has 0 saturated carbocycles. The Morgan fingerprint density at radius 1 is 0.960 bits per heavy atom. The van der Waals surface area contributed by atoms with Crippen molar-refractivity contribution in [2.24, 2.45) is 0 Å². The van der Waals surface area contributed by atoms with E-state index in [1.165, 1.54) is 11.1 Å². The molecule has 0 amide bonds. The van der Waals surface area contributed by atoms with Gasteiger partial charge in [-0.2, -0.15) is 0 Å². The van der Waals surface area contributed by atoms with E-state index in [0.717, 1.165) is 38.5 Å². The van der Waals surface area contributed by atoms with Crippen molar-refractivity contribution in [2.45, 2.75) is 12.6 Å². The Morgan fingerprint density at radius 2 is 1.72 bits per heavy atom. The fourth-order valence-corrected chi connectivity index (χ4v) is 3.49. The molecule has 25 heavy (non-hydrogen) atoms. The first kappa shape index (κ1) is 16.0. The molecule has 4 rings (SSSR count). The molecule has 1 unspecified atom stereocenters. The monoisotopic (exact) mass is 333 g/mol. The van der Waals surface area contributed by atoms with Crippen LogP contribution in [-0.4, -0.2) is 45.6 Å². The molecule has 2 aromatic heterocycles. The zero-order valence-corrected chi connectivity index (χ0v) is 14.3. The van der Waals surface area contributed by atoms with Gasteiger partial charge in [0.15, 0.2) is 0 Å². The summed E-state index contributed by atoms with van der Waals surface area (Å²) in [5.74, 6) is 1.09. The fraction of sp³-hybridized carbons (Fsp3) is 0.300. The van der Waals surface area contributed by atoms with Gasteiger partial charge >= 0.3 is 0 Å². The van der Waals surface area contributed by atoms with E-state index in [1.807, 2.05) is 18.6 Å². The van der Waals surface area contributed by atoms with Crippen molar-refractivity contribution < 1.29 is 0 Å². The minimum Gasteiger partial charge on any atom is -0.329 e. The Balaban J connectivity index is 1.69. The molecule has 0 aliphatic carbocycles. The van der Waals surface area contributed by atoms with E-state index in [1.54, 1.807) is 0 Å². The molecule has 0 spiro atoms. The minimum atomic E-state index is 0.156. The number of piperazine rings is 1. The molecule has 3 heterocycles. The molecule has 0 bridgehead atoms. The van der Waals surface area contributed by atoms with Gasteiger partial charge in [0.1, 0.15) is 5.82 Å². The highest BCUT2D eigenvalue weighted by Crippen LogP contribution is 2.28. The second kappa shape index (κ2) is 7.59. The van der Waals surface area contributed by atoms with E-state index in [4.69, 9.17) is 4.98 Å². The second-order valence-corrected chi connectivity index (χ2v) is 6.37. The van der Waals surface area contributed by atoms with Crippen LogP contribution in [0.3, 0.4) is 0 Å². The summed E-state index contributed by atoms with van der Waals surface area (Å²) in [4.78, 5) is 11.4. The third-order valence-corrected chi connectivity index (χ3v) is 4.73. The van der Waals surface area contributed by atoms with Crippen LogP contribution in [0.1, 0.15) is 23.0 Å². The molecular formula is C20H23N5. The third kappa shape index (κ3) is 3.62. The molecule has 1 N–H and O–H groups in total. The Bertz CT molecular complexity index is 778. The molecule has 5 nitrogen and oxygen atoms in total. The van der Waals surface area contributed by atoms with E-state index in [2.05, 4.69) is 68.4 Å². The molecule has 1 fully saturated rings. The lowest BCUT2D eigenvalue weighted by Gasteiger charge is -2.35. The largest absolute Gasteiger partial charge is 0.329 e. The topological polar surface area (TPSA) is 46.0 Å². The van der Waals surface area contributed by atoms with Crippen molar-refractivity contribution in [3.8, 4) is 0 Å². The van der Waals surface area contributed by atoms with E-state index in [0.29, 0.717) is 0 Å². The number of nitrogens with zero attached hydrogens (tertiary/aromatic N) is 4. The third-order valence-electron chi connectivity index (χ3n) is 4.73. The van der Waals surface area contributed by atoms with Gasteiger partial charge in [-0.15, -0.1) is 0 Å². The lowest BCUT2D eigenvalue weighted by molar-refractivity contribution is 0.189. The maximum absolute atomic E-state index is 4.74. The van der Waals surface area contributed by atoms with Gasteiger partial charge in [-0.05, 0) is 23.3 Å². The number of pyridine rings is 1. The molecule has 3 aromatic rings. The molecule has 5 heteroatoms. The molecular weight excluding hydrogens is 310 g/mol. The van der Waals surface area contributed by atoms with Crippen molar-refractivity contribution in [1.29, 1.82) is 0 Å². The standard InChI is InChI=1S/C20H23N5/c1-2-4-17(5-3-1)16-25-15-12-23-20(25)19(18-6-8-21-9-7-18)24-13-10-22-11-14-24/h1-9,12,15,19,22H,10-11,13-14,16H2. The van der Waals surface area contributed by atoms with Gasteiger partial charge in [0, 0.05) is 57.5 Å². The van der Waals surface area contributed by atoms with E-state index in [9.17, 15) is 0 Å². The maximum atomic E-state index is 4.74. The van der Waals surface area contributed by atoms with Gasteiger partial charge in [-0.1, -0.05) is 30.3 Å². The van der Waals surface area contributed by atoms with Crippen molar-refractivity contribution in [1.82, 2.24) is 24.8 Å². The number of aromatic nitrogens is 3. The number of hydrogen-bond donors (Lipinski definition) is 1. The van der Waals surface area contributed by atoms with Gasteiger partial charge < -0.3 is 9.88 Å². The highest BCUT2D eigenvalue weighted by Gasteiger charge is 2.27. The first-order chi connectivity index (χ1) is 12.4. The highest BCUT2D eigenvalue weighted by molar-refractivity contribution is 5.25. The molecule has 1 atom stereocenters. The quantitative estimate of drug-likeness (QED) is 0.778. The number of imidazole rings is 1. The van der Waals surface area contributed by atoms with Crippen LogP contribution < -0.4 is 5.32 Å². The molecule has 1 aromatic carbocycles. The van der Waals surface area contributed by atoms with Crippen LogP contribution in [0.25, 0.3) is 0 Å². The van der Waals surface area contributed by atoms with Crippen molar-refractivity contribution in [3.63, 3.8) is 0 Å². The van der Waals surface area contributed by atoms with Gasteiger partial charge in [0.25, 0.3) is 0 Å². The fourth-order valence-electron chi connectivity index (χ4n) is 3.49. The van der Waals surface area contributed by atoms with Crippen molar-refractivity contribution in [2.75, 3.05) is 26.2 Å². The Hall–Kier alpha value is -2.50. The number of rotatable bonds is 5.